The molecule has 2 aromatic rings. The summed E-state index contributed by atoms with van der Waals surface area (Å²) in [6.07, 6.45) is 4.57. The van der Waals surface area contributed by atoms with Crippen LogP contribution in [0.2, 0.25) is 0 Å². The Morgan fingerprint density at radius 1 is 1.25 bits per heavy atom. The molecule has 9 nitrogen and oxygen atoms in total. The van der Waals surface area contributed by atoms with Gasteiger partial charge in [-0.25, -0.2) is 8.42 Å². The summed E-state index contributed by atoms with van der Waals surface area (Å²) in [6.45, 7) is 3.10. The van der Waals surface area contributed by atoms with E-state index in [1.54, 1.807) is 23.1 Å². The van der Waals surface area contributed by atoms with Crippen molar-refractivity contribution in [3.63, 3.8) is 0 Å². The van der Waals surface area contributed by atoms with Crippen molar-refractivity contribution < 1.29 is 22.7 Å². The molecule has 0 spiro atoms. The molecule has 168 valence electrons. The van der Waals surface area contributed by atoms with Crippen LogP contribution < -0.4 is 14.8 Å². The highest BCUT2D eigenvalue weighted by Gasteiger charge is 2.24. The molecule has 0 radical (unpaired) electrons. The first-order valence-electron chi connectivity index (χ1n) is 10.2. The standard InChI is InChI=1S/C22H24N4O5S/c1-14(27)26-9-6-15(7-10-26)16-3-4-20(31-2)21(11-16)32(29,30)25-17-12-18-19(24-13-17)5-8-23-22(18)28/h3-4,6,11-13,25H,5,7-10H2,1-2H3,(H,23,28). The van der Waals surface area contributed by atoms with Crippen molar-refractivity contribution in [2.45, 2.75) is 24.7 Å². The largest absolute Gasteiger partial charge is 0.495 e. The van der Waals surface area contributed by atoms with Crippen molar-refractivity contribution in [2.24, 2.45) is 0 Å². The van der Waals surface area contributed by atoms with E-state index in [2.05, 4.69) is 15.0 Å². The third-order valence-electron chi connectivity index (χ3n) is 5.59. The van der Waals surface area contributed by atoms with Gasteiger partial charge in [-0.05, 0) is 35.8 Å². The first-order valence-corrected chi connectivity index (χ1v) is 11.7. The lowest BCUT2D eigenvalue weighted by molar-refractivity contribution is -0.128. The number of amides is 2. The maximum atomic E-state index is 13.2. The number of benzene rings is 1. The fourth-order valence-electron chi connectivity index (χ4n) is 3.85. The second kappa shape index (κ2) is 8.62. The molecular formula is C22H24N4O5S. The van der Waals surface area contributed by atoms with Gasteiger partial charge in [-0.3, -0.25) is 19.3 Å². The van der Waals surface area contributed by atoms with E-state index in [0.29, 0.717) is 43.7 Å². The zero-order chi connectivity index (χ0) is 22.9. The zero-order valence-electron chi connectivity index (χ0n) is 17.8. The number of methoxy groups -OCH3 is 1. The van der Waals surface area contributed by atoms with Crippen LogP contribution in [-0.4, -0.2) is 56.9 Å². The number of fused-ring (bicyclic) bond motifs is 1. The number of anilines is 1. The molecule has 1 aromatic heterocycles. The molecule has 10 heteroatoms. The number of sulfonamides is 1. The molecule has 2 aliphatic rings. The first-order chi connectivity index (χ1) is 15.3. The van der Waals surface area contributed by atoms with Gasteiger partial charge in [-0.15, -0.1) is 0 Å². The predicted molar refractivity (Wildman–Crippen MR) is 119 cm³/mol. The van der Waals surface area contributed by atoms with Crippen LogP contribution in [0.25, 0.3) is 5.57 Å². The van der Waals surface area contributed by atoms with Crippen molar-refractivity contribution >= 4 is 33.1 Å². The van der Waals surface area contributed by atoms with Gasteiger partial charge in [0.05, 0.1) is 30.3 Å². The summed E-state index contributed by atoms with van der Waals surface area (Å²) >= 11 is 0. The molecule has 0 saturated carbocycles. The van der Waals surface area contributed by atoms with Gasteiger partial charge < -0.3 is 15.0 Å². The van der Waals surface area contributed by atoms with Crippen molar-refractivity contribution in [1.29, 1.82) is 0 Å². The monoisotopic (exact) mass is 456 g/mol. The van der Waals surface area contributed by atoms with Crippen LogP contribution >= 0.6 is 0 Å². The highest BCUT2D eigenvalue weighted by atomic mass is 32.2. The maximum Gasteiger partial charge on any atom is 0.265 e. The topological polar surface area (TPSA) is 118 Å². The number of carbonyl (C=O) groups excluding carboxylic acids is 2. The summed E-state index contributed by atoms with van der Waals surface area (Å²) < 4.78 is 34.2. The van der Waals surface area contributed by atoms with E-state index in [-0.39, 0.29) is 28.1 Å². The van der Waals surface area contributed by atoms with E-state index in [9.17, 15) is 18.0 Å². The Morgan fingerprint density at radius 3 is 2.75 bits per heavy atom. The Morgan fingerprint density at radius 2 is 2.06 bits per heavy atom. The average Bonchev–Trinajstić information content (AvgIpc) is 2.79. The average molecular weight is 457 g/mol. The summed E-state index contributed by atoms with van der Waals surface area (Å²) in [5, 5.41) is 2.73. The number of hydrogen-bond acceptors (Lipinski definition) is 6. The molecule has 0 unspecified atom stereocenters. The minimum atomic E-state index is -4.02. The van der Waals surface area contributed by atoms with E-state index in [4.69, 9.17) is 4.74 Å². The van der Waals surface area contributed by atoms with Crippen LogP contribution in [0.3, 0.4) is 0 Å². The van der Waals surface area contributed by atoms with Crippen LogP contribution in [0.15, 0.2) is 41.4 Å². The molecule has 0 fully saturated rings. The molecule has 32 heavy (non-hydrogen) atoms. The van der Waals surface area contributed by atoms with Crippen molar-refractivity contribution in [3.8, 4) is 5.75 Å². The van der Waals surface area contributed by atoms with Gasteiger partial charge in [0.1, 0.15) is 10.6 Å². The molecular weight excluding hydrogens is 432 g/mol. The number of rotatable bonds is 5. The number of ether oxygens (including phenoxy) is 1. The Kier molecular flexibility index (Phi) is 5.88. The molecule has 1 aromatic carbocycles. The van der Waals surface area contributed by atoms with Crippen molar-refractivity contribution in [1.82, 2.24) is 15.2 Å². The summed E-state index contributed by atoms with van der Waals surface area (Å²) in [5.41, 5.74) is 2.91. The third kappa shape index (κ3) is 4.31. The van der Waals surface area contributed by atoms with E-state index in [1.807, 2.05) is 6.08 Å². The first kappa shape index (κ1) is 21.8. The Balaban J connectivity index is 1.65. The molecule has 0 bridgehead atoms. The number of aromatic nitrogens is 1. The molecule has 2 amide bonds. The van der Waals surface area contributed by atoms with E-state index < -0.39 is 10.0 Å². The van der Waals surface area contributed by atoms with Gasteiger partial charge in [-0.2, -0.15) is 0 Å². The minimum absolute atomic E-state index is 0.00911. The molecule has 0 aliphatic carbocycles. The van der Waals surface area contributed by atoms with Crippen LogP contribution in [0.1, 0.15) is 35.0 Å². The number of nitrogens with one attached hydrogen (secondary N) is 2. The summed E-state index contributed by atoms with van der Waals surface area (Å²) in [4.78, 5) is 29.6. The van der Waals surface area contributed by atoms with Gasteiger partial charge in [0, 0.05) is 33.0 Å². The lowest BCUT2D eigenvalue weighted by Gasteiger charge is -2.25. The number of hydrogen-bond donors (Lipinski definition) is 2. The number of nitrogens with zero attached hydrogens (tertiary/aromatic N) is 2. The normalized spacial score (nSPS) is 16.0. The number of carbonyl (C=O) groups is 2. The molecule has 2 N–H and O–H groups in total. The highest BCUT2D eigenvalue weighted by Crippen LogP contribution is 2.31. The Labute approximate surface area is 186 Å². The van der Waals surface area contributed by atoms with Crippen LogP contribution in [0.5, 0.6) is 5.75 Å². The molecule has 0 atom stereocenters. The van der Waals surface area contributed by atoms with Gasteiger partial charge in [0.25, 0.3) is 15.9 Å². The Bertz CT molecular complexity index is 1220. The number of pyridine rings is 1. The van der Waals surface area contributed by atoms with E-state index in [0.717, 1.165) is 11.1 Å². The fourth-order valence-corrected chi connectivity index (χ4v) is 5.08. The second-order valence-corrected chi connectivity index (χ2v) is 9.29. The highest BCUT2D eigenvalue weighted by molar-refractivity contribution is 7.92. The maximum absolute atomic E-state index is 13.2. The van der Waals surface area contributed by atoms with Gasteiger partial charge in [0.2, 0.25) is 5.91 Å². The van der Waals surface area contributed by atoms with Gasteiger partial charge >= 0.3 is 0 Å². The van der Waals surface area contributed by atoms with Crippen LogP contribution in [-0.2, 0) is 21.2 Å². The fraction of sp³-hybridized carbons (Fsp3) is 0.318. The van der Waals surface area contributed by atoms with Crippen molar-refractivity contribution in [2.75, 3.05) is 31.5 Å². The zero-order valence-corrected chi connectivity index (χ0v) is 18.7. The smallest absolute Gasteiger partial charge is 0.265 e. The predicted octanol–water partition coefficient (Wildman–Crippen LogP) is 1.81. The molecule has 0 saturated heterocycles. The summed E-state index contributed by atoms with van der Waals surface area (Å²) in [5.74, 6) is -0.0651. The summed E-state index contributed by atoms with van der Waals surface area (Å²) in [7, 11) is -2.62. The van der Waals surface area contributed by atoms with E-state index >= 15 is 0 Å². The molecule has 4 rings (SSSR count). The molecule has 3 heterocycles. The van der Waals surface area contributed by atoms with Gasteiger partial charge in [0.15, 0.2) is 0 Å². The SMILES string of the molecule is COc1ccc(C2=CCN(C(C)=O)CC2)cc1S(=O)(=O)Nc1cnc2c(c1)C(=O)NCC2. The van der Waals surface area contributed by atoms with E-state index in [1.165, 1.54) is 26.3 Å². The van der Waals surface area contributed by atoms with Crippen molar-refractivity contribution in [3.05, 3.63) is 53.4 Å². The Hall–Kier alpha value is -3.40. The summed E-state index contributed by atoms with van der Waals surface area (Å²) in [6, 6.07) is 6.47. The molecule has 2 aliphatic heterocycles. The van der Waals surface area contributed by atoms with Gasteiger partial charge in [-0.1, -0.05) is 12.1 Å². The minimum Gasteiger partial charge on any atom is -0.495 e. The lowest BCUT2D eigenvalue weighted by atomic mass is 9.99. The second-order valence-electron chi connectivity index (χ2n) is 7.64. The quantitative estimate of drug-likeness (QED) is 0.709. The van der Waals surface area contributed by atoms with Crippen LogP contribution in [0.4, 0.5) is 5.69 Å². The lowest BCUT2D eigenvalue weighted by Crippen LogP contribution is -2.32. The third-order valence-corrected chi connectivity index (χ3v) is 7.00. The van der Waals surface area contributed by atoms with Crippen LogP contribution in [0, 0.1) is 0 Å².